The Balaban J connectivity index is 1.88. The van der Waals surface area contributed by atoms with Crippen molar-refractivity contribution < 1.29 is 14.3 Å². The molecule has 0 bridgehead atoms. The van der Waals surface area contributed by atoms with E-state index in [9.17, 15) is 4.79 Å². The molecule has 0 aromatic heterocycles. The van der Waals surface area contributed by atoms with Crippen LogP contribution in [0.1, 0.15) is 30.7 Å². The second kappa shape index (κ2) is 4.88. The van der Waals surface area contributed by atoms with Crippen molar-refractivity contribution in [3.8, 4) is 11.5 Å². The Labute approximate surface area is 106 Å². The molecule has 2 heterocycles. The number of fused-ring (bicyclic) bond motifs is 1. The Hall–Kier alpha value is -1.71. The van der Waals surface area contributed by atoms with Crippen LogP contribution in [0.25, 0.3) is 0 Å². The molecule has 2 aliphatic rings. The Morgan fingerprint density at radius 3 is 2.78 bits per heavy atom. The van der Waals surface area contributed by atoms with Gasteiger partial charge in [0, 0.05) is 13.0 Å². The molecule has 3 rings (SSSR count). The highest BCUT2D eigenvalue weighted by molar-refractivity contribution is 5.84. The van der Waals surface area contributed by atoms with Crippen LogP contribution in [0.4, 0.5) is 0 Å². The Morgan fingerprint density at radius 1 is 1.11 bits per heavy atom. The Bertz CT molecular complexity index is 458. The van der Waals surface area contributed by atoms with Crippen LogP contribution in [-0.2, 0) is 4.79 Å². The zero-order valence-corrected chi connectivity index (χ0v) is 10.3. The van der Waals surface area contributed by atoms with E-state index >= 15 is 0 Å². The van der Waals surface area contributed by atoms with Gasteiger partial charge in [0.05, 0.1) is 19.1 Å². The van der Waals surface area contributed by atoms with Crippen molar-refractivity contribution in [2.45, 2.75) is 25.2 Å². The quantitative estimate of drug-likeness (QED) is 0.823. The fraction of sp³-hybridized carbons (Fsp3) is 0.500. The van der Waals surface area contributed by atoms with E-state index in [1.54, 1.807) is 0 Å². The largest absolute Gasteiger partial charge is 0.490 e. The number of amides is 1. The van der Waals surface area contributed by atoms with Crippen LogP contribution < -0.4 is 14.8 Å². The second-order valence-corrected chi connectivity index (χ2v) is 4.74. The molecule has 0 spiro atoms. The molecule has 4 heteroatoms. The van der Waals surface area contributed by atoms with E-state index in [2.05, 4.69) is 5.32 Å². The molecule has 1 unspecified atom stereocenters. The monoisotopic (exact) mass is 247 g/mol. The number of hydrogen-bond acceptors (Lipinski definition) is 3. The molecule has 18 heavy (non-hydrogen) atoms. The third-order valence-electron chi connectivity index (χ3n) is 3.46. The third-order valence-corrected chi connectivity index (χ3v) is 3.46. The molecular formula is C14H17NO3. The zero-order chi connectivity index (χ0) is 12.4. The Kier molecular flexibility index (Phi) is 3.09. The van der Waals surface area contributed by atoms with Gasteiger partial charge in [0.25, 0.3) is 0 Å². The number of carbonyl (C=O) groups is 1. The van der Waals surface area contributed by atoms with E-state index in [4.69, 9.17) is 9.47 Å². The fourth-order valence-electron chi connectivity index (χ4n) is 2.49. The maximum Gasteiger partial charge on any atom is 0.227 e. The highest BCUT2D eigenvalue weighted by atomic mass is 16.5. The van der Waals surface area contributed by atoms with E-state index in [-0.39, 0.29) is 11.8 Å². The van der Waals surface area contributed by atoms with Gasteiger partial charge in [0.1, 0.15) is 0 Å². The van der Waals surface area contributed by atoms with Gasteiger partial charge in [0.2, 0.25) is 5.91 Å². The van der Waals surface area contributed by atoms with Gasteiger partial charge >= 0.3 is 0 Å². The van der Waals surface area contributed by atoms with Crippen LogP contribution in [0, 0.1) is 0 Å². The lowest BCUT2D eigenvalue weighted by atomic mass is 9.90. The maximum atomic E-state index is 11.8. The molecule has 1 amide bonds. The minimum absolute atomic E-state index is 0.0455. The number of piperidine rings is 1. The molecule has 1 saturated heterocycles. The van der Waals surface area contributed by atoms with Gasteiger partial charge in [-0.05, 0) is 30.5 Å². The summed E-state index contributed by atoms with van der Waals surface area (Å²) < 4.78 is 11.3. The molecule has 0 aliphatic carbocycles. The highest BCUT2D eigenvalue weighted by Gasteiger charge is 2.25. The van der Waals surface area contributed by atoms with Crippen molar-refractivity contribution >= 4 is 5.91 Å². The molecule has 1 fully saturated rings. The first-order valence-electron chi connectivity index (χ1n) is 6.52. The maximum absolute atomic E-state index is 11.8. The number of ether oxygens (including phenoxy) is 2. The van der Waals surface area contributed by atoms with Gasteiger partial charge in [-0.1, -0.05) is 6.07 Å². The standard InChI is InChI=1S/C14H17NO3/c16-14-11(3-1-6-15-14)10-4-5-12-13(9-10)18-8-2-7-17-12/h4-5,9,11H,1-3,6-8H2,(H,15,16). The highest BCUT2D eigenvalue weighted by Crippen LogP contribution is 2.34. The van der Waals surface area contributed by atoms with Crippen molar-refractivity contribution in [1.29, 1.82) is 0 Å². The first kappa shape index (κ1) is 11.4. The number of benzene rings is 1. The summed E-state index contributed by atoms with van der Waals surface area (Å²) in [6, 6.07) is 5.84. The van der Waals surface area contributed by atoms with Crippen LogP contribution in [0.3, 0.4) is 0 Å². The van der Waals surface area contributed by atoms with Crippen molar-refractivity contribution in [2.24, 2.45) is 0 Å². The van der Waals surface area contributed by atoms with Crippen LogP contribution in [0.15, 0.2) is 18.2 Å². The van der Waals surface area contributed by atoms with E-state index in [1.807, 2.05) is 18.2 Å². The SMILES string of the molecule is O=C1NCCCC1c1ccc2c(c1)OCCCO2. The van der Waals surface area contributed by atoms with Crippen LogP contribution >= 0.6 is 0 Å². The lowest BCUT2D eigenvalue weighted by Gasteiger charge is -2.22. The van der Waals surface area contributed by atoms with Crippen molar-refractivity contribution in [1.82, 2.24) is 5.32 Å². The van der Waals surface area contributed by atoms with Crippen molar-refractivity contribution in [3.05, 3.63) is 23.8 Å². The van der Waals surface area contributed by atoms with Gasteiger partial charge < -0.3 is 14.8 Å². The summed E-state index contributed by atoms with van der Waals surface area (Å²) in [5.41, 5.74) is 1.02. The average molecular weight is 247 g/mol. The molecule has 0 saturated carbocycles. The first-order chi connectivity index (χ1) is 8.84. The topological polar surface area (TPSA) is 47.6 Å². The molecule has 4 nitrogen and oxygen atoms in total. The van der Waals surface area contributed by atoms with Crippen LogP contribution in [0.5, 0.6) is 11.5 Å². The van der Waals surface area contributed by atoms with E-state index < -0.39 is 0 Å². The summed E-state index contributed by atoms with van der Waals surface area (Å²) in [6.45, 7) is 2.16. The smallest absolute Gasteiger partial charge is 0.227 e. The number of hydrogen-bond donors (Lipinski definition) is 1. The summed E-state index contributed by atoms with van der Waals surface area (Å²) in [5.74, 6) is 1.63. The zero-order valence-electron chi connectivity index (χ0n) is 10.3. The van der Waals surface area contributed by atoms with E-state index in [0.717, 1.165) is 42.9 Å². The predicted octanol–water partition coefficient (Wildman–Crippen LogP) is 1.84. The molecule has 1 aromatic rings. The van der Waals surface area contributed by atoms with Gasteiger partial charge in [-0.25, -0.2) is 0 Å². The third kappa shape index (κ3) is 2.15. The van der Waals surface area contributed by atoms with Gasteiger partial charge in [0.15, 0.2) is 11.5 Å². The molecule has 96 valence electrons. The number of rotatable bonds is 1. The summed E-state index contributed by atoms with van der Waals surface area (Å²) >= 11 is 0. The minimum Gasteiger partial charge on any atom is -0.490 e. The summed E-state index contributed by atoms with van der Waals surface area (Å²) in [4.78, 5) is 11.8. The molecule has 0 radical (unpaired) electrons. The van der Waals surface area contributed by atoms with Gasteiger partial charge in [-0.2, -0.15) is 0 Å². The summed E-state index contributed by atoms with van der Waals surface area (Å²) in [7, 11) is 0. The molecule has 1 aromatic carbocycles. The summed E-state index contributed by atoms with van der Waals surface area (Å²) in [5, 5.41) is 2.91. The average Bonchev–Trinajstić information content (AvgIpc) is 2.63. The van der Waals surface area contributed by atoms with E-state index in [1.165, 1.54) is 0 Å². The van der Waals surface area contributed by atoms with Crippen molar-refractivity contribution in [2.75, 3.05) is 19.8 Å². The molecular weight excluding hydrogens is 230 g/mol. The lowest BCUT2D eigenvalue weighted by Crippen LogP contribution is -2.35. The van der Waals surface area contributed by atoms with Crippen molar-refractivity contribution in [3.63, 3.8) is 0 Å². The molecule has 1 N–H and O–H groups in total. The first-order valence-corrected chi connectivity index (χ1v) is 6.52. The van der Waals surface area contributed by atoms with E-state index in [0.29, 0.717) is 13.2 Å². The summed E-state index contributed by atoms with van der Waals surface area (Å²) in [6.07, 6.45) is 2.84. The van der Waals surface area contributed by atoms with Crippen LogP contribution in [-0.4, -0.2) is 25.7 Å². The van der Waals surface area contributed by atoms with Crippen LogP contribution in [0.2, 0.25) is 0 Å². The second-order valence-electron chi connectivity index (χ2n) is 4.74. The molecule has 1 atom stereocenters. The predicted molar refractivity (Wildman–Crippen MR) is 67.0 cm³/mol. The molecule has 2 aliphatic heterocycles. The van der Waals surface area contributed by atoms with Gasteiger partial charge in [-0.15, -0.1) is 0 Å². The van der Waals surface area contributed by atoms with Gasteiger partial charge in [-0.3, -0.25) is 4.79 Å². The normalized spacial score (nSPS) is 23.1. The lowest BCUT2D eigenvalue weighted by molar-refractivity contribution is -0.123. The minimum atomic E-state index is -0.0455. The Morgan fingerprint density at radius 2 is 1.94 bits per heavy atom. The number of nitrogens with one attached hydrogen (secondary N) is 1. The number of carbonyl (C=O) groups excluding carboxylic acids is 1. The fourth-order valence-corrected chi connectivity index (χ4v) is 2.49.